The molecule has 2 bridgehead atoms. The third-order valence-electron chi connectivity index (χ3n) is 7.07. The van der Waals surface area contributed by atoms with Gasteiger partial charge in [0.25, 0.3) is 0 Å². The van der Waals surface area contributed by atoms with Gasteiger partial charge in [0.2, 0.25) is 6.79 Å². The van der Waals surface area contributed by atoms with Gasteiger partial charge in [-0.2, -0.15) is 0 Å². The van der Waals surface area contributed by atoms with Crippen LogP contribution in [0.1, 0.15) is 30.1 Å². The number of hydrogen-bond acceptors (Lipinski definition) is 5. The third-order valence-corrected chi connectivity index (χ3v) is 7.07. The molecule has 29 heavy (non-hydrogen) atoms. The quantitative estimate of drug-likeness (QED) is 0.866. The average Bonchev–Trinajstić information content (AvgIpc) is 3.52. The first-order valence-electron chi connectivity index (χ1n) is 10.5. The number of carbonyl (C=O) groups is 1. The van der Waals surface area contributed by atoms with Gasteiger partial charge in [-0.15, -0.1) is 0 Å². The van der Waals surface area contributed by atoms with Crippen LogP contribution in [0.15, 0.2) is 41.0 Å². The van der Waals surface area contributed by atoms with Crippen LogP contribution in [0.5, 0.6) is 11.5 Å². The molecule has 6 heterocycles. The lowest BCUT2D eigenvalue weighted by molar-refractivity contribution is 0.00346. The Bertz CT molecular complexity index is 907. The number of fused-ring (bicyclic) bond motifs is 3. The second kappa shape index (κ2) is 6.69. The molecule has 7 nitrogen and oxygen atoms in total. The summed E-state index contributed by atoms with van der Waals surface area (Å²) >= 11 is 0. The molecule has 0 saturated carbocycles. The van der Waals surface area contributed by atoms with E-state index < -0.39 is 0 Å². The lowest BCUT2D eigenvalue weighted by atomic mass is 9.75. The van der Waals surface area contributed by atoms with E-state index in [2.05, 4.69) is 27.2 Å². The maximum absolute atomic E-state index is 13.1. The van der Waals surface area contributed by atoms with Crippen molar-refractivity contribution in [2.45, 2.75) is 37.4 Å². The Hall–Kier alpha value is -2.67. The maximum Gasteiger partial charge on any atom is 0.318 e. The number of likely N-dealkylation sites (tertiary alicyclic amines) is 1. The Labute approximate surface area is 169 Å². The van der Waals surface area contributed by atoms with Crippen molar-refractivity contribution < 1.29 is 18.7 Å². The largest absolute Gasteiger partial charge is 0.467 e. The van der Waals surface area contributed by atoms with Gasteiger partial charge in [-0.3, -0.25) is 4.90 Å². The predicted molar refractivity (Wildman–Crippen MR) is 105 cm³/mol. The summed E-state index contributed by atoms with van der Waals surface area (Å²) in [6.07, 6.45) is 3.99. The molecule has 5 aliphatic rings. The number of ether oxygens (including phenoxy) is 2. The SMILES string of the molecule is O=C(NCc1ccco1)N1C[C@H](c2ccc3c(c2)OCO3)[C@H]2[C@@H]1C1CCN2CC1. The molecule has 1 aromatic carbocycles. The summed E-state index contributed by atoms with van der Waals surface area (Å²) in [7, 11) is 0. The second-order valence-electron chi connectivity index (χ2n) is 8.46. The summed E-state index contributed by atoms with van der Waals surface area (Å²) in [6.45, 7) is 3.70. The summed E-state index contributed by atoms with van der Waals surface area (Å²) in [5.74, 6) is 3.26. The van der Waals surface area contributed by atoms with E-state index in [1.54, 1.807) is 6.26 Å². The molecule has 3 atom stereocenters. The number of benzene rings is 1. The number of rotatable bonds is 3. The molecule has 5 aliphatic heterocycles. The normalized spacial score (nSPS) is 31.7. The van der Waals surface area contributed by atoms with E-state index in [0.717, 1.165) is 36.9 Å². The zero-order valence-corrected chi connectivity index (χ0v) is 16.3. The van der Waals surface area contributed by atoms with Crippen molar-refractivity contribution in [1.29, 1.82) is 0 Å². The van der Waals surface area contributed by atoms with Gasteiger partial charge >= 0.3 is 6.03 Å². The van der Waals surface area contributed by atoms with Crippen molar-refractivity contribution in [3.8, 4) is 11.5 Å². The molecule has 0 unspecified atom stereocenters. The van der Waals surface area contributed by atoms with Gasteiger partial charge in [-0.1, -0.05) is 6.07 Å². The first-order valence-corrected chi connectivity index (χ1v) is 10.5. The monoisotopic (exact) mass is 395 g/mol. The zero-order chi connectivity index (χ0) is 19.4. The summed E-state index contributed by atoms with van der Waals surface area (Å²) in [4.78, 5) is 17.8. The fourth-order valence-corrected chi connectivity index (χ4v) is 5.77. The summed E-state index contributed by atoms with van der Waals surface area (Å²) in [5.41, 5.74) is 1.23. The van der Waals surface area contributed by atoms with Crippen LogP contribution in [0.25, 0.3) is 0 Å². The van der Waals surface area contributed by atoms with Crippen LogP contribution < -0.4 is 14.8 Å². The van der Waals surface area contributed by atoms with Crippen LogP contribution >= 0.6 is 0 Å². The van der Waals surface area contributed by atoms with Crippen LogP contribution in [0, 0.1) is 5.92 Å². The van der Waals surface area contributed by atoms with E-state index in [-0.39, 0.29) is 24.8 Å². The maximum atomic E-state index is 13.1. The number of nitrogens with one attached hydrogen (secondary N) is 1. The molecular weight excluding hydrogens is 370 g/mol. The van der Waals surface area contributed by atoms with Gasteiger partial charge in [0, 0.05) is 18.5 Å². The number of carbonyl (C=O) groups excluding carboxylic acids is 1. The van der Waals surface area contributed by atoms with Crippen LogP contribution in [-0.2, 0) is 6.54 Å². The second-order valence-corrected chi connectivity index (χ2v) is 8.46. The summed E-state index contributed by atoms with van der Waals surface area (Å²) < 4.78 is 16.5. The highest BCUT2D eigenvalue weighted by Gasteiger charge is 2.54. The van der Waals surface area contributed by atoms with E-state index in [1.165, 1.54) is 18.4 Å². The molecule has 7 rings (SSSR count). The van der Waals surface area contributed by atoms with Gasteiger partial charge in [-0.05, 0) is 61.7 Å². The van der Waals surface area contributed by atoms with Gasteiger partial charge in [0.15, 0.2) is 11.5 Å². The van der Waals surface area contributed by atoms with E-state index in [4.69, 9.17) is 13.9 Å². The first kappa shape index (κ1) is 17.2. The van der Waals surface area contributed by atoms with Crippen molar-refractivity contribution in [2.75, 3.05) is 26.4 Å². The fourth-order valence-electron chi connectivity index (χ4n) is 5.77. The van der Waals surface area contributed by atoms with Crippen molar-refractivity contribution in [3.05, 3.63) is 47.9 Å². The number of amides is 2. The molecule has 7 heteroatoms. The van der Waals surface area contributed by atoms with Gasteiger partial charge in [-0.25, -0.2) is 4.79 Å². The lowest BCUT2D eigenvalue weighted by Gasteiger charge is -2.51. The van der Waals surface area contributed by atoms with Crippen molar-refractivity contribution in [2.24, 2.45) is 5.92 Å². The molecular formula is C22H25N3O4. The summed E-state index contributed by atoms with van der Waals surface area (Å²) in [5, 5.41) is 3.06. The molecule has 0 aliphatic carbocycles. The predicted octanol–water partition coefficient (Wildman–Crippen LogP) is 2.78. The molecule has 4 fully saturated rings. The number of urea groups is 1. The molecule has 1 N–H and O–H groups in total. The highest BCUT2D eigenvalue weighted by atomic mass is 16.7. The Morgan fingerprint density at radius 2 is 1.97 bits per heavy atom. The molecule has 0 radical (unpaired) electrons. The Balaban J connectivity index is 1.28. The minimum atomic E-state index is 0.00777. The summed E-state index contributed by atoms with van der Waals surface area (Å²) in [6, 6.07) is 10.6. The van der Waals surface area contributed by atoms with E-state index >= 15 is 0 Å². The highest BCUT2D eigenvalue weighted by molar-refractivity contribution is 5.75. The lowest BCUT2D eigenvalue weighted by Crippen LogP contribution is -2.61. The van der Waals surface area contributed by atoms with Crippen LogP contribution in [0.3, 0.4) is 0 Å². The number of piperidine rings is 3. The molecule has 2 aromatic rings. The van der Waals surface area contributed by atoms with Crippen molar-refractivity contribution in [3.63, 3.8) is 0 Å². The van der Waals surface area contributed by atoms with Crippen LogP contribution in [0.2, 0.25) is 0 Å². The third kappa shape index (κ3) is 2.79. The van der Waals surface area contributed by atoms with Crippen LogP contribution in [0.4, 0.5) is 4.79 Å². The van der Waals surface area contributed by atoms with Crippen molar-refractivity contribution in [1.82, 2.24) is 15.1 Å². The minimum absolute atomic E-state index is 0.00777. The van der Waals surface area contributed by atoms with E-state index in [9.17, 15) is 4.79 Å². The molecule has 1 aromatic heterocycles. The standard InChI is InChI=1S/C22H25N3O4/c26-22(23-11-16-2-1-9-27-16)25-12-17(15-3-4-18-19(10-15)29-13-28-18)21-20(25)14-5-7-24(21)8-6-14/h1-4,9-10,14,17,20-21H,5-8,11-13H2,(H,23,26)/t17-,20+,21+/m1/s1. The van der Waals surface area contributed by atoms with Gasteiger partial charge in [0.05, 0.1) is 18.8 Å². The minimum Gasteiger partial charge on any atom is -0.467 e. The molecule has 152 valence electrons. The zero-order valence-electron chi connectivity index (χ0n) is 16.3. The number of nitrogens with zero attached hydrogens (tertiary/aromatic N) is 2. The highest BCUT2D eigenvalue weighted by Crippen LogP contribution is 2.47. The van der Waals surface area contributed by atoms with Gasteiger partial charge < -0.3 is 24.1 Å². The Morgan fingerprint density at radius 3 is 2.79 bits per heavy atom. The fraction of sp³-hybridized carbons (Fsp3) is 0.500. The average molecular weight is 395 g/mol. The van der Waals surface area contributed by atoms with Crippen LogP contribution in [-0.4, -0.2) is 54.3 Å². The topological polar surface area (TPSA) is 67.2 Å². The van der Waals surface area contributed by atoms with Gasteiger partial charge in [0.1, 0.15) is 5.76 Å². The molecule has 0 spiro atoms. The smallest absolute Gasteiger partial charge is 0.318 e. The number of hydrogen-bond donors (Lipinski definition) is 1. The Morgan fingerprint density at radius 1 is 1.10 bits per heavy atom. The van der Waals surface area contributed by atoms with E-state index in [0.29, 0.717) is 18.5 Å². The number of furan rings is 1. The molecule has 4 saturated heterocycles. The first-order chi connectivity index (χ1) is 14.3. The Kier molecular flexibility index (Phi) is 3.97. The van der Waals surface area contributed by atoms with Crippen molar-refractivity contribution >= 4 is 6.03 Å². The molecule has 2 amide bonds. The van der Waals surface area contributed by atoms with E-state index in [1.807, 2.05) is 18.2 Å².